The lowest BCUT2D eigenvalue weighted by Crippen LogP contribution is -2.31. The van der Waals surface area contributed by atoms with E-state index in [1.807, 2.05) is 0 Å². The lowest BCUT2D eigenvalue weighted by Gasteiger charge is -2.23. The van der Waals surface area contributed by atoms with Crippen LogP contribution in [0.25, 0.3) is 0 Å². The van der Waals surface area contributed by atoms with Crippen molar-refractivity contribution in [1.29, 1.82) is 0 Å². The number of hydrogen-bond acceptors (Lipinski definition) is 16. The largest absolute Gasteiger partial charge is 0.508 e. The summed E-state index contributed by atoms with van der Waals surface area (Å²) in [6.07, 6.45) is -6.87. The molecule has 6 aromatic carbocycles. The van der Waals surface area contributed by atoms with Gasteiger partial charge in [0, 0.05) is 70.6 Å². The quantitative estimate of drug-likeness (QED) is 0.0709. The lowest BCUT2D eigenvalue weighted by atomic mass is 10.1. The number of phenolic OH excluding ortho intramolecular Hbond substituents is 1. The van der Waals surface area contributed by atoms with Crippen molar-refractivity contribution in [2.24, 2.45) is 0 Å². The second kappa shape index (κ2) is 26.7. The fraction of sp³-hybridized carbons (Fsp3) is 0.216. The normalized spacial score (nSPS) is 11.5. The number of sulfonamides is 2. The van der Waals surface area contributed by atoms with Gasteiger partial charge in [-0.25, -0.2) is 57.4 Å². The van der Waals surface area contributed by atoms with Crippen molar-refractivity contribution < 1.29 is 93.9 Å². The number of nitrogens with zero attached hydrogens (tertiary/aromatic N) is 6. The molecule has 2 aromatic heterocycles. The average molecular weight is 1240 g/mol. The zero-order valence-electron chi connectivity index (χ0n) is 42.4. The van der Waals surface area contributed by atoms with Crippen LogP contribution in [0.3, 0.4) is 0 Å². The molecule has 0 aliphatic carbocycles. The van der Waals surface area contributed by atoms with Gasteiger partial charge < -0.3 is 28.8 Å². The molecule has 31 heteroatoms. The molecule has 0 spiro atoms. The Bertz CT molecular complexity index is 3710. The van der Waals surface area contributed by atoms with E-state index in [4.69, 9.17) is 28.8 Å². The zero-order valence-corrected chi connectivity index (χ0v) is 45.7. The molecule has 0 aliphatic rings. The molecular formula is C51H45F11N6O10S4. The summed E-state index contributed by atoms with van der Waals surface area (Å²) in [5.74, 6) is -7.26. The highest BCUT2D eigenvalue weighted by molar-refractivity contribution is 7.93. The van der Waals surface area contributed by atoms with E-state index in [0.29, 0.717) is 75.8 Å². The average Bonchev–Trinajstić information content (AvgIpc) is 4.15. The van der Waals surface area contributed by atoms with Crippen molar-refractivity contribution >= 4 is 53.4 Å². The number of anilines is 2. The first kappa shape index (κ1) is 64.8. The number of halogens is 11. The van der Waals surface area contributed by atoms with Gasteiger partial charge in [-0.2, -0.15) is 35.1 Å². The minimum atomic E-state index is -4.80. The van der Waals surface area contributed by atoms with Gasteiger partial charge >= 0.3 is 12.4 Å². The Morgan fingerprint density at radius 2 is 0.927 bits per heavy atom. The first-order chi connectivity index (χ1) is 38.0. The molecule has 8 rings (SSSR count). The summed E-state index contributed by atoms with van der Waals surface area (Å²) in [6.45, 7) is 2.14. The molecule has 0 saturated heterocycles. The van der Waals surface area contributed by atoms with Gasteiger partial charge in [0.15, 0.2) is 23.2 Å². The van der Waals surface area contributed by atoms with Gasteiger partial charge in [0.25, 0.3) is 20.0 Å². The molecule has 16 nitrogen and oxygen atoms in total. The van der Waals surface area contributed by atoms with Crippen LogP contribution < -0.4 is 32.3 Å². The number of benzene rings is 6. The molecule has 0 unspecified atom stereocenters. The van der Waals surface area contributed by atoms with Gasteiger partial charge in [-0.05, 0) is 85.6 Å². The van der Waals surface area contributed by atoms with Crippen molar-refractivity contribution in [2.45, 2.75) is 56.5 Å². The molecule has 0 amide bonds. The molecule has 0 saturated carbocycles. The number of aromatic nitrogens is 4. The van der Waals surface area contributed by atoms with Gasteiger partial charge in [0.2, 0.25) is 10.3 Å². The smallest absolute Gasteiger partial charge is 0.416 e. The number of aryl methyl sites for hydroxylation is 2. The van der Waals surface area contributed by atoms with Crippen molar-refractivity contribution in [3.63, 3.8) is 0 Å². The van der Waals surface area contributed by atoms with E-state index in [0.717, 1.165) is 44.9 Å². The molecule has 0 radical (unpaired) electrons. The minimum absolute atomic E-state index is 0. The maximum absolute atomic E-state index is 15.3. The molecule has 2 heterocycles. The Morgan fingerprint density at radius 3 is 1.34 bits per heavy atom. The zero-order chi connectivity index (χ0) is 59.8. The fourth-order valence-electron chi connectivity index (χ4n) is 7.09. The number of rotatable bonds is 16. The number of alkyl halides is 6. The Morgan fingerprint density at radius 1 is 0.500 bits per heavy atom. The van der Waals surface area contributed by atoms with Gasteiger partial charge in [0.05, 0.1) is 52.7 Å². The van der Waals surface area contributed by atoms with Crippen LogP contribution in [0.4, 0.5) is 58.6 Å². The van der Waals surface area contributed by atoms with Crippen LogP contribution in [0.2, 0.25) is 0 Å². The second-order valence-electron chi connectivity index (χ2n) is 16.4. The Kier molecular flexibility index (Phi) is 21.1. The standard InChI is InChI=1S/C25H20F5N3O5S2.C17H14F3N3O4S2.C8H7F3O.CH4/c1-14-6-16(25(28,29)30)8-18(7-14)38-22-10-20(27)23(11-19(22)26)40(34,35)33(24-31-13-32-39-24)12-15-4-5-17(36-2)9-21(15)37-3;1-26-11-4-3-10(15(5-11)27-2)8-23(17-21-9-22-28-17)29(24,25)16-7-13(19)12(18)6-14(16)20;1-5-2-6(8(9,10)11)4-7(12)3-5;/h4-11,13H,12H2,1-3H3;3-7,9H,8H2,1-2H3;2-4,12H,1H3;1H4. The molecule has 0 atom stereocenters. The number of ether oxygens (including phenoxy) is 5. The maximum atomic E-state index is 15.3. The fourth-order valence-corrected chi connectivity index (χ4v) is 11.5. The molecule has 82 heavy (non-hydrogen) atoms. The molecule has 0 aliphatic heterocycles. The van der Waals surface area contributed by atoms with Crippen LogP contribution in [0.1, 0.15) is 40.8 Å². The highest BCUT2D eigenvalue weighted by Gasteiger charge is 2.36. The van der Waals surface area contributed by atoms with Gasteiger partial charge in [0.1, 0.15) is 68.6 Å². The third-order valence-electron chi connectivity index (χ3n) is 10.8. The van der Waals surface area contributed by atoms with E-state index >= 15 is 8.78 Å². The molecular weight excluding hydrogens is 1190 g/mol. The molecule has 440 valence electrons. The van der Waals surface area contributed by atoms with Crippen LogP contribution in [-0.2, 0) is 45.5 Å². The topological polar surface area (TPSA) is 193 Å². The summed E-state index contributed by atoms with van der Waals surface area (Å²) in [6, 6.07) is 16.2. The van der Waals surface area contributed by atoms with E-state index in [1.165, 1.54) is 66.6 Å². The highest BCUT2D eigenvalue weighted by Crippen LogP contribution is 2.39. The molecule has 8 aromatic rings. The van der Waals surface area contributed by atoms with Crippen molar-refractivity contribution in [3.8, 4) is 40.2 Å². The number of methoxy groups -OCH3 is 4. The summed E-state index contributed by atoms with van der Waals surface area (Å²) in [4.78, 5) is 5.69. The van der Waals surface area contributed by atoms with E-state index in [-0.39, 0.29) is 47.4 Å². The molecule has 0 bridgehead atoms. The van der Waals surface area contributed by atoms with Crippen molar-refractivity contribution in [3.05, 3.63) is 172 Å². The predicted molar refractivity (Wildman–Crippen MR) is 279 cm³/mol. The van der Waals surface area contributed by atoms with Crippen molar-refractivity contribution in [1.82, 2.24) is 18.7 Å². The number of aromatic hydroxyl groups is 1. The first-order valence-electron chi connectivity index (χ1n) is 22.4. The number of phenols is 1. The van der Waals surface area contributed by atoms with E-state index in [2.05, 4.69) is 18.7 Å². The van der Waals surface area contributed by atoms with Gasteiger partial charge in [-0.3, -0.25) is 0 Å². The van der Waals surface area contributed by atoms with E-state index < -0.39 is 100 Å². The van der Waals surface area contributed by atoms with Crippen LogP contribution in [-0.4, -0.2) is 69.1 Å². The van der Waals surface area contributed by atoms with E-state index in [1.54, 1.807) is 24.3 Å². The minimum Gasteiger partial charge on any atom is -0.508 e. The monoisotopic (exact) mass is 1240 g/mol. The highest BCUT2D eigenvalue weighted by atomic mass is 32.2. The maximum Gasteiger partial charge on any atom is 0.416 e. The Hall–Kier alpha value is -8.03. The predicted octanol–water partition coefficient (Wildman–Crippen LogP) is 13.1. The summed E-state index contributed by atoms with van der Waals surface area (Å²) in [7, 11) is -3.82. The Labute approximate surface area is 470 Å². The third-order valence-corrected chi connectivity index (χ3v) is 15.9. The third kappa shape index (κ3) is 15.7. The Balaban J connectivity index is 0.000000255. The van der Waals surface area contributed by atoms with Gasteiger partial charge in [-0.15, -0.1) is 0 Å². The van der Waals surface area contributed by atoms with Gasteiger partial charge in [-0.1, -0.05) is 7.43 Å². The lowest BCUT2D eigenvalue weighted by molar-refractivity contribution is -0.138. The van der Waals surface area contributed by atoms with Crippen LogP contribution in [0.15, 0.2) is 120 Å². The van der Waals surface area contributed by atoms with Crippen LogP contribution in [0.5, 0.6) is 40.2 Å². The summed E-state index contributed by atoms with van der Waals surface area (Å²) in [5.41, 5.74) is -0.573. The molecule has 1 N–H and O–H groups in total. The second-order valence-corrected chi connectivity index (χ2v) is 21.6. The first-order valence-corrected chi connectivity index (χ1v) is 26.8. The summed E-state index contributed by atoms with van der Waals surface area (Å²) in [5, 5.41) is 8.63. The number of hydrogen-bond donors (Lipinski definition) is 1. The van der Waals surface area contributed by atoms with Crippen molar-refractivity contribution in [2.75, 3.05) is 37.0 Å². The molecule has 0 fully saturated rings. The van der Waals surface area contributed by atoms with Crippen LogP contribution in [0, 0.1) is 42.9 Å². The SMILES string of the molecule is C.COc1ccc(CN(c2ncns2)S(=O)(=O)c2cc(F)c(F)cc2F)c(OC)c1.COc1ccc(CN(c2ncns2)S(=O)(=O)c2cc(F)c(Oc3cc(C)cc(C(F)(F)F)c3)cc2F)c(OC)c1.Cc1cc(O)cc(C(F)(F)F)c1. The van der Waals surface area contributed by atoms with Crippen LogP contribution >= 0.6 is 23.1 Å². The summed E-state index contributed by atoms with van der Waals surface area (Å²) < 4.78 is 236. The van der Waals surface area contributed by atoms with E-state index in [9.17, 15) is 56.3 Å². The summed E-state index contributed by atoms with van der Waals surface area (Å²) >= 11 is 1.44.